The molecule has 0 saturated heterocycles. The van der Waals surface area contributed by atoms with Crippen LogP contribution in [-0.4, -0.2) is 31.6 Å². The molecule has 2 aliphatic rings. The summed E-state index contributed by atoms with van der Waals surface area (Å²) in [5.41, 5.74) is 2.20. The second-order valence-corrected chi connectivity index (χ2v) is 8.47. The van der Waals surface area contributed by atoms with Crippen LogP contribution in [0, 0.1) is 11.7 Å². The van der Waals surface area contributed by atoms with Gasteiger partial charge in [0.1, 0.15) is 5.82 Å². The summed E-state index contributed by atoms with van der Waals surface area (Å²) in [6, 6.07) is 7.88. The number of carbonyl (C=O) groups excluding carboxylic acids is 1. The second kappa shape index (κ2) is 8.84. The third-order valence-corrected chi connectivity index (χ3v) is 6.71. The first-order valence-electron chi connectivity index (χ1n) is 10.5. The van der Waals surface area contributed by atoms with E-state index in [1.165, 1.54) is 12.5 Å². The molecule has 1 unspecified atom stereocenters. The highest BCUT2D eigenvalue weighted by atomic mass is 35.5. The molecule has 2 aromatic rings. The number of halogens is 2. The van der Waals surface area contributed by atoms with Crippen LogP contribution in [0.1, 0.15) is 54.8 Å². The number of methoxy groups -OCH3 is 2. The maximum absolute atomic E-state index is 15.1. The van der Waals surface area contributed by atoms with Gasteiger partial charge in [-0.05, 0) is 54.7 Å². The van der Waals surface area contributed by atoms with Gasteiger partial charge in [0.25, 0.3) is 0 Å². The number of ether oxygens (including phenoxy) is 2. The van der Waals surface area contributed by atoms with Crippen molar-refractivity contribution in [3.05, 3.63) is 57.9 Å². The molecule has 0 N–H and O–H groups in total. The molecule has 1 amide bonds. The largest absolute Gasteiger partial charge is 0.493 e. The van der Waals surface area contributed by atoms with Crippen molar-refractivity contribution in [3.8, 4) is 11.5 Å². The summed E-state index contributed by atoms with van der Waals surface area (Å²) in [5.74, 6) is 0.867. The third kappa shape index (κ3) is 3.76. The Morgan fingerprint density at radius 1 is 1.10 bits per heavy atom. The predicted molar refractivity (Wildman–Crippen MR) is 115 cm³/mol. The number of carbonyl (C=O) groups is 1. The van der Waals surface area contributed by atoms with Crippen molar-refractivity contribution in [2.75, 3.05) is 20.8 Å². The Morgan fingerprint density at radius 2 is 1.80 bits per heavy atom. The van der Waals surface area contributed by atoms with E-state index in [9.17, 15) is 4.79 Å². The molecule has 4 rings (SSSR count). The highest BCUT2D eigenvalue weighted by Crippen LogP contribution is 2.44. The summed E-state index contributed by atoms with van der Waals surface area (Å²) in [6.07, 6.45) is 5.77. The molecule has 1 aliphatic carbocycles. The number of rotatable bonds is 4. The van der Waals surface area contributed by atoms with Gasteiger partial charge in [0, 0.05) is 23.0 Å². The van der Waals surface area contributed by atoms with Crippen LogP contribution in [0.3, 0.4) is 0 Å². The molecule has 0 radical (unpaired) electrons. The molecule has 30 heavy (non-hydrogen) atoms. The van der Waals surface area contributed by atoms with Gasteiger partial charge in [-0.15, -0.1) is 0 Å². The summed E-state index contributed by atoms with van der Waals surface area (Å²) in [4.78, 5) is 15.4. The average Bonchev–Trinajstić information content (AvgIpc) is 2.78. The van der Waals surface area contributed by atoms with Gasteiger partial charge in [-0.1, -0.05) is 36.9 Å². The van der Waals surface area contributed by atoms with Crippen LogP contribution in [-0.2, 0) is 11.2 Å². The SMILES string of the molecule is COc1cc2c(cc1OC)C(c1c(F)cccc1Cl)N(C(=O)C1CCCCC1)CC2. The molecule has 1 fully saturated rings. The van der Waals surface area contributed by atoms with Gasteiger partial charge in [0.05, 0.1) is 20.3 Å². The van der Waals surface area contributed by atoms with E-state index >= 15 is 4.39 Å². The molecule has 0 spiro atoms. The van der Waals surface area contributed by atoms with Gasteiger partial charge in [-0.2, -0.15) is 0 Å². The molecule has 160 valence electrons. The molecule has 0 aromatic heterocycles. The molecular weight excluding hydrogens is 405 g/mol. The Kier molecular flexibility index (Phi) is 6.19. The maximum Gasteiger partial charge on any atom is 0.226 e. The minimum Gasteiger partial charge on any atom is -0.493 e. The molecule has 1 atom stereocenters. The van der Waals surface area contributed by atoms with Crippen LogP contribution in [0.2, 0.25) is 5.02 Å². The zero-order chi connectivity index (χ0) is 21.3. The molecule has 1 aliphatic heterocycles. The lowest BCUT2D eigenvalue weighted by Crippen LogP contribution is -2.44. The van der Waals surface area contributed by atoms with Gasteiger partial charge in [0.15, 0.2) is 11.5 Å². The number of amides is 1. The Morgan fingerprint density at radius 3 is 2.47 bits per heavy atom. The van der Waals surface area contributed by atoms with E-state index in [2.05, 4.69) is 0 Å². The molecule has 4 nitrogen and oxygen atoms in total. The average molecular weight is 432 g/mol. The number of hydrogen-bond acceptors (Lipinski definition) is 3. The number of hydrogen-bond donors (Lipinski definition) is 0. The summed E-state index contributed by atoms with van der Waals surface area (Å²) in [7, 11) is 3.17. The van der Waals surface area contributed by atoms with Crippen LogP contribution in [0.15, 0.2) is 30.3 Å². The van der Waals surface area contributed by atoms with Crippen molar-refractivity contribution in [1.82, 2.24) is 4.90 Å². The lowest BCUT2D eigenvalue weighted by atomic mass is 9.83. The van der Waals surface area contributed by atoms with E-state index in [4.69, 9.17) is 21.1 Å². The van der Waals surface area contributed by atoms with Gasteiger partial charge in [-0.25, -0.2) is 4.39 Å². The third-order valence-electron chi connectivity index (χ3n) is 6.38. The van der Waals surface area contributed by atoms with Crippen LogP contribution in [0.25, 0.3) is 0 Å². The fourth-order valence-corrected chi connectivity index (χ4v) is 5.12. The van der Waals surface area contributed by atoms with Crippen LogP contribution in [0.4, 0.5) is 4.39 Å². The molecular formula is C24H27ClFNO3. The standard InChI is InChI=1S/C24H27ClFNO3/c1-29-20-13-16-11-12-27(24(28)15-7-4-3-5-8-15)23(17(16)14-21(20)30-2)22-18(25)9-6-10-19(22)26/h6,9-10,13-15,23H,3-5,7-8,11-12H2,1-2H3. The van der Waals surface area contributed by atoms with E-state index in [-0.39, 0.29) is 11.8 Å². The van der Waals surface area contributed by atoms with Crippen molar-refractivity contribution < 1.29 is 18.7 Å². The van der Waals surface area contributed by atoms with E-state index in [0.29, 0.717) is 35.1 Å². The molecule has 0 bridgehead atoms. The lowest BCUT2D eigenvalue weighted by Gasteiger charge is -2.40. The lowest BCUT2D eigenvalue weighted by molar-refractivity contribution is -0.138. The van der Waals surface area contributed by atoms with Crippen molar-refractivity contribution in [2.24, 2.45) is 5.92 Å². The Bertz CT molecular complexity index is 922. The Hall–Kier alpha value is -2.27. The Labute approximate surface area is 181 Å². The summed E-state index contributed by atoms with van der Waals surface area (Å²) >= 11 is 6.48. The minimum atomic E-state index is -0.586. The van der Waals surface area contributed by atoms with Crippen molar-refractivity contribution in [3.63, 3.8) is 0 Å². The predicted octanol–water partition coefficient (Wildman–Crippen LogP) is 5.55. The van der Waals surface area contributed by atoms with E-state index in [1.54, 1.807) is 26.4 Å². The number of nitrogens with zero attached hydrogens (tertiary/aromatic N) is 1. The van der Waals surface area contributed by atoms with E-state index < -0.39 is 11.9 Å². The monoisotopic (exact) mass is 431 g/mol. The first-order valence-corrected chi connectivity index (χ1v) is 10.9. The fraction of sp³-hybridized carbons (Fsp3) is 0.458. The molecule has 2 aromatic carbocycles. The second-order valence-electron chi connectivity index (χ2n) is 8.06. The van der Waals surface area contributed by atoms with Gasteiger partial charge in [-0.3, -0.25) is 4.79 Å². The quantitative estimate of drug-likeness (QED) is 0.637. The van der Waals surface area contributed by atoms with Crippen molar-refractivity contribution in [2.45, 2.75) is 44.6 Å². The van der Waals surface area contributed by atoms with Crippen LogP contribution >= 0.6 is 11.6 Å². The van der Waals surface area contributed by atoms with Crippen molar-refractivity contribution in [1.29, 1.82) is 0 Å². The van der Waals surface area contributed by atoms with E-state index in [0.717, 1.165) is 36.8 Å². The smallest absolute Gasteiger partial charge is 0.226 e. The number of benzene rings is 2. The minimum absolute atomic E-state index is 0.00603. The zero-order valence-corrected chi connectivity index (χ0v) is 18.2. The highest BCUT2D eigenvalue weighted by Gasteiger charge is 2.38. The van der Waals surface area contributed by atoms with Crippen LogP contribution in [0.5, 0.6) is 11.5 Å². The molecule has 6 heteroatoms. The van der Waals surface area contributed by atoms with Crippen LogP contribution < -0.4 is 9.47 Å². The normalized spacial score (nSPS) is 19.3. The first-order chi connectivity index (χ1) is 14.5. The summed E-state index contributed by atoms with van der Waals surface area (Å²) in [6.45, 7) is 0.521. The van der Waals surface area contributed by atoms with Crippen molar-refractivity contribution >= 4 is 17.5 Å². The topological polar surface area (TPSA) is 38.8 Å². The van der Waals surface area contributed by atoms with Gasteiger partial charge in [0.2, 0.25) is 5.91 Å². The zero-order valence-electron chi connectivity index (χ0n) is 17.4. The van der Waals surface area contributed by atoms with Gasteiger partial charge < -0.3 is 14.4 Å². The summed E-state index contributed by atoms with van der Waals surface area (Å²) in [5, 5.41) is 0.323. The van der Waals surface area contributed by atoms with Gasteiger partial charge >= 0.3 is 0 Å². The molecule has 1 saturated carbocycles. The Balaban J connectivity index is 1.85. The fourth-order valence-electron chi connectivity index (χ4n) is 4.85. The summed E-state index contributed by atoms with van der Waals surface area (Å²) < 4.78 is 26.0. The highest BCUT2D eigenvalue weighted by molar-refractivity contribution is 6.31. The molecule has 1 heterocycles. The number of fused-ring (bicyclic) bond motifs is 1. The van der Waals surface area contributed by atoms with E-state index in [1.807, 2.05) is 17.0 Å². The maximum atomic E-state index is 15.1. The first kappa shape index (κ1) is 21.0.